The molecule has 3 aromatic carbocycles. The Labute approximate surface area is 217 Å². The Morgan fingerprint density at radius 1 is 0.973 bits per heavy atom. The zero-order chi connectivity index (χ0) is 26.1. The summed E-state index contributed by atoms with van der Waals surface area (Å²) in [6.45, 7) is 11.2. The van der Waals surface area contributed by atoms with Crippen LogP contribution in [0, 0.1) is 26.2 Å². The molecule has 4 N–H and O–H groups in total. The normalized spacial score (nSPS) is 12.7. The minimum atomic E-state index is 0.266. The van der Waals surface area contributed by atoms with Crippen LogP contribution in [0.1, 0.15) is 38.9 Å². The van der Waals surface area contributed by atoms with Gasteiger partial charge >= 0.3 is 0 Å². The van der Waals surface area contributed by atoms with Crippen molar-refractivity contribution in [3.05, 3.63) is 124 Å². The zero-order valence-corrected chi connectivity index (χ0v) is 21.3. The van der Waals surface area contributed by atoms with Crippen LogP contribution in [0.15, 0.2) is 85.3 Å². The molecule has 4 aromatic rings. The van der Waals surface area contributed by atoms with Crippen molar-refractivity contribution in [3.63, 3.8) is 0 Å². The molecule has 0 fully saturated rings. The maximum Gasteiger partial charge on any atom is 0.141 e. The molecule has 5 rings (SSSR count). The predicted octanol–water partition coefficient (Wildman–Crippen LogP) is 6.34. The first kappa shape index (κ1) is 24.0. The lowest BCUT2D eigenvalue weighted by molar-refractivity contribution is 1.06. The highest BCUT2D eigenvalue weighted by molar-refractivity contribution is 6.16. The minimum Gasteiger partial charge on any atom is -0.383 e. The Balaban J connectivity index is 1.55. The summed E-state index contributed by atoms with van der Waals surface area (Å²) >= 11 is 0. The third kappa shape index (κ3) is 4.49. The van der Waals surface area contributed by atoms with Gasteiger partial charge in [-0.2, -0.15) is 0 Å². The number of benzene rings is 3. The Morgan fingerprint density at radius 2 is 1.73 bits per heavy atom. The van der Waals surface area contributed by atoms with Crippen LogP contribution in [0.25, 0.3) is 11.8 Å². The van der Waals surface area contributed by atoms with E-state index < -0.39 is 0 Å². The van der Waals surface area contributed by atoms with E-state index in [-0.39, 0.29) is 11.5 Å². The first-order valence-electron chi connectivity index (χ1n) is 12.2. The third-order valence-electron chi connectivity index (χ3n) is 6.70. The number of hydrogen-bond donors (Lipinski definition) is 3. The summed E-state index contributed by atoms with van der Waals surface area (Å²) in [5, 5.41) is 12.3. The SMILES string of the molecule is C=C1c2c(C)cccc2C=C(CNc2ncnc(N)c2C(=N)c2cccc(C)c2)N1c1ccccc1C. The Morgan fingerprint density at radius 3 is 2.51 bits per heavy atom. The van der Waals surface area contributed by atoms with Gasteiger partial charge in [-0.3, -0.25) is 5.41 Å². The van der Waals surface area contributed by atoms with Crippen molar-refractivity contribution in [3.8, 4) is 0 Å². The molecule has 1 aliphatic rings. The molecule has 0 spiro atoms. The van der Waals surface area contributed by atoms with E-state index in [2.05, 4.69) is 77.0 Å². The highest BCUT2D eigenvalue weighted by Gasteiger charge is 2.26. The molecule has 0 unspecified atom stereocenters. The fourth-order valence-electron chi connectivity index (χ4n) is 4.88. The lowest BCUT2D eigenvalue weighted by Crippen LogP contribution is -2.29. The van der Waals surface area contributed by atoms with Crippen LogP contribution in [0.5, 0.6) is 0 Å². The average Bonchev–Trinajstić information content (AvgIpc) is 2.88. The third-order valence-corrected chi connectivity index (χ3v) is 6.70. The van der Waals surface area contributed by atoms with Gasteiger partial charge < -0.3 is 16.0 Å². The van der Waals surface area contributed by atoms with Crippen LogP contribution < -0.4 is 16.0 Å². The van der Waals surface area contributed by atoms with Gasteiger partial charge in [-0.25, -0.2) is 9.97 Å². The summed E-state index contributed by atoms with van der Waals surface area (Å²) in [4.78, 5) is 10.9. The van der Waals surface area contributed by atoms with Crippen molar-refractivity contribution < 1.29 is 0 Å². The van der Waals surface area contributed by atoms with Crippen molar-refractivity contribution in [2.24, 2.45) is 0 Å². The number of hydrogen-bond acceptors (Lipinski definition) is 6. The van der Waals surface area contributed by atoms with E-state index >= 15 is 0 Å². The molecular formula is C31H30N6. The van der Waals surface area contributed by atoms with Crippen molar-refractivity contribution in [1.29, 1.82) is 5.41 Å². The Kier molecular flexibility index (Phi) is 6.32. The van der Waals surface area contributed by atoms with Crippen molar-refractivity contribution in [2.45, 2.75) is 20.8 Å². The first-order valence-corrected chi connectivity index (χ1v) is 12.2. The van der Waals surface area contributed by atoms with E-state index in [9.17, 15) is 0 Å². The fourth-order valence-corrected chi connectivity index (χ4v) is 4.88. The van der Waals surface area contributed by atoms with E-state index in [1.165, 1.54) is 11.9 Å². The Bertz CT molecular complexity index is 1570. The number of nitrogens with two attached hydrogens (primary N) is 1. The molecule has 1 aliphatic heterocycles. The number of aromatic nitrogens is 2. The number of rotatable bonds is 6. The van der Waals surface area contributed by atoms with Crippen molar-refractivity contribution in [1.82, 2.24) is 9.97 Å². The minimum absolute atomic E-state index is 0.266. The lowest BCUT2D eigenvalue weighted by Gasteiger charge is -2.35. The van der Waals surface area contributed by atoms with Gasteiger partial charge in [-0.15, -0.1) is 0 Å². The predicted molar refractivity (Wildman–Crippen MR) is 154 cm³/mol. The van der Waals surface area contributed by atoms with Crippen molar-refractivity contribution >= 4 is 34.8 Å². The van der Waals surface area contributed by atoms with Crippen LogP contribution in [0.2, 0.25) is 0 Å². The standard InChI is InChI=1S/C31H30N6/c1-19-9-7-13-24(15-19)29(32)28-30(33)35-18-36-31(28)34-17-25-16-23-12-8-11-21(3)27(23)22(4)37(25)26-14-6-5-10-20(26)2/h5-16,18,32H,4,17H2,1-3H3,(H3,33,34,35,36). The van der Waals surface area contributed by atoms with Gasteiger partial charge in [0.25, 0.3) is 0 Å². The first-order chi connectivity index (χ1) is 17.8. The monoisotopic (exact) mass is 486 g/mol. The summed E-state index contributed by atoms with van der Waals surface area (Å²) in [6.07, 6.45) is 3.61. The van der Waals surface area contributed by atoms with E-state index in [0.717, 1.165) is 44.9 Å². The molecule has 6 nitrogen and oxygen atoms in total. The molecule has 2 heterocycles. The maximum atomic E-state index is 8.89. The van der Waals surface area contributed by atoms with Crippen LogP contribution in [-0.4, -0.2) is 22.2 Å². The molecule has 6 heteroatoms. The van der Waals surface area contributed by atoms with E-state index in [1.807, 2.05) is 43.3 Å². The largest absolute Gasteiger partial charge is 0.383 e. The summed E-state index contributed by atoms with van der Waals surface area (Å²) in [5.74, 6) is 0.785. The number of nitrogen functional groups attached to an aromatic ring is 1. The van der Waals surface area contributed by atoms with Gasteiger partial charge in [0, 0.05) is 28.2 Å². The number of aryl methyl sites for hydroxylation is 3. The highest BCUT2D eigenvalue weighted by Crippen LogP contribution is 2.39. The van der Waals surface area contributed by atoms with Crippen molar-refractivity contribution in [2.75, 3.05) is 22.5 Å². The fraction of sp³-hybridized carbons (Fsp3) is 0.129. The second-order valence-corrected chi connectivity index (χ2v) is 9.32. The lowest BCUT2D eigenvalue weighted by atomic mass is 9.93. The van der Waals surface area contributed by atoms with Gasteiger partial charge in [-0.05, 0) is 55.7 Å². The highest BCUT2D eigenvalue weighted by atomic mass is 15.2. The molecule has 0 amide bonds. The molecule has 0 radical (unpaired) electrons. The number of nitrogens with one attached hydrogen (secondary N) is 2. The van der Waals surface area contributed by atoms with Gasteiger partial charge in [0.05, 0.1) is 17.8 Å². The molecule has 0 saturated carbocycles. The number of para-hydroxylation sites is 1. The van der Waals surface area contributed by atoms with Gasteiger partial charge in [0.2, 0.25) is 0 Å². The molecular weight excluding hydrogens is 456 g/mol. The topological polar surface area (TPSA) is 90.9 Å². The second kappa shape index (κ2) is 9.74. The van der Waals surface area contributed by atoms with Crippen LogP contribution in [-0.2, 0) is 0 Å². The number of anilines is 3. The van der Waals surface area contributed by atoms with Gasteiger partial charge in [0.1, 0.15) is 18.0 Å². The zero-order valence-electron chi connectivity index (χ0n) is 21.3. The number of fused-ring (bicyclic) bond motifs is 1. The van der Waals surface area contributed by atoms with Gasteiger partial charge in [-0.1, -0.05) is 66.7 Å². The maximum absolute atomic E-state index is 8.89. The average molecular weight is 487 g/mol. The van der Waals surface area contributed by atoms with Crippen LogP contribution >= 0.6 is 0 Å². The summed E-state index contributed by atoms with van der Waals surface area (Å²) in [6, 6.07) is 22.4. The summed E-state index contributed by atoms with van der Waals surface area (Å²) in [5.41, 5.74) is 16.5. The molecule has 37 heavy (non-hydrogen) atoms. The molecule has 0 saturated heterocycles. The molecule has 0 atom stereocenters. The van der Waals surface area contributed by atoms with E-state index in [0.29, 0.717) is 17.9 Å². The van der Waals surface area contributed by atoms with Gasteiger partial charge in [0.15, 0.2) is 0 Å². The molecule has 0 bridgehead atoms. The molecule has 0 aliphatic carbocycles. The quantitative estimate of drug-likeness (QED) is 0.277. The van der Waals surface area contributed by atoms with Crippen LogP contribution in [0.3, 0.4) is 0 Å². The summed E-state index contributed by atoms with van der Waals surface area (Å²) < 4.78 is 0. The molecule has 1 aromatic heterocycles. The van der Waals surface area contributed by atoms with E-state index in [1.54, 1.807) is 0 Å². The Hall–Kier alpha value is -4.71. The van der Waals surface area contributed by atoms with Crippen LogP contribution in [0.4, 0.5) is 17.3 Å². The smallest absolute Gasteiger partial charge is 0.141 e. The number of nitrogens with zero attached hydrogens (tertiary/aromatic N) is 3. The second-order valence-electron chi connectivity index (χ2n) is 9.32. The summed E-state index contributed by atoms with van der Waals surface area (Å²) in [7, 11) is 0. The molecule has 184 valence electrons. The van der Waals surface area contributed by atoms with E-state index in [4.69, 9.17) is 11.1 Å².